The number of rotatable bonds is 5. The molecule has 0 fully saturated rings. The molecular formula is C13H17F2NO. The van der Waals surface area contributed by atoms with Crippen LogP contribution in [0.25, 0.3) is 0 Å². The maximum atomic E-state index is 12.9. The van der Waals surface area contributed by atoms with Gasteiger partial charge in [-0.3, -0.25) is 9.69 Å². The Kier molecular flexibility index (Phi) is 4.75. The topological polar surface area (TPSA) is 20.3 Å². The zero-order valence-corrected chi connectivity index (χ0v) is 10.3. The second-order valence-electron chi connectivity index (χ2n) is 4.64. The summed E-state index contributed by atoms with van der Waals surface area (Å²) in [6, 6.07) is 3.23. The highest BCUT2D eigenvalue weighted by atomic mass is 19.2. The van der Waals surface area contributed by atoms with Crippen LogP contribution in [0.5, 0.6) is 0 Å². The molecule has 0 bridgehead atoms. The van der Waals surface area contributed by atoms with Crippen LogP contribution in [0.15, 0.2) is 18.2 Å². The molecule has 4 heteroatoms. The average Bonchev–Trinajstić information content (AvgIpc) is 2.20. The lowest BCUT2D eigenvalue weighted by Gasteiger charge is -2.17. The first-order valence-electron chi connectivity index (χ1n) is 5.57. The van der Waals surface area contributed by atoms with Crippen LogP contribution in [-0.4, -0.2) is 30.8 Å². The number of carbonyl (C=O) groups is 1. The Morgan fingerprint density at radius 2 is 1.94 bits per heavy atom. The molecule has 0 aromatic heterocycles. The largest absolute Gasteiger partial charge is 0.299 e. The first-order chi connectivity index (χ1) is 7.90. The van der Waals surface area contributed by atoms with E-state index in [1.54, 1.807) is 0 Å². The van der Waals surface area contributed by atoms with Crippen molar-refractivity contribution in [3.8, 4) is 0 Å². The first kappa shape index (κ1) is 13.8. The number of nitrogens with zero attached hydrogens (tertiary/aromatic N) is 1. The highest BCUT2D eigenvalue weighted by molar-refractivity contribution is 5.97. The van der Waals surface area contributed by atoms with Gasteiger partial charge in [-0.05, 0) is 31.2 Å². The quantitative estimate of drug-likeness (QED) is 0.739. The lowest BCUT2D eigenvalue weighted by Crippen LogP contribution is -2.29. The van der Waals surface area contributed by atoms with E-state index in [2.05, 4.69) is 13.8 Å². The third-order valence-corrected chi connectivity index (χ3v) is 2.33. The van der Waals surface area contributed by atoms with Crippen molar-refractivity contribution in [2.45, 2.75) is 13.8 Å². The van der Waals surface area contributed by atoms with E-state index >= 15 is 0 Å². The lowest BCUT2D eigenvalue weighted by molar-refractivity contribution is 0.0940. The summed E-state index contributed by atoms with van der Waals surface area (Å²) in [5, 5.41) is 0. The molecule has 0 atom stereocenters. The molecule has 0 radical (unpaired) electrons. The van der Waals surface area contributed by atoms with Gasteiger partial charge in [0.2, 0.25) is 0 Å². The minimum absolute atomic E-state index is 0.202. The summed E-state index contributed by atoms with van der Waals surface area (Å²) >= 11 is 0. The highest BCUT2D eigenvalue weighted by Gasteiger charge is 2.12. The number of Topliss-reactive ketones (excluding diaryl/α,β-unsaturated/α-hetero) is 1. The molecule has 0 spiro atoms. The fraction of sp³-hybridized carbons (Fsp3) is 0.462. The number of hydrogen-bond acceptors (Lipinski definition) is 2. The normalized spacial score (nSPS) is 11.2. The van der Waals surface area contributed by atoms with Crippen molar-refractivity contribution in [2.24, 2.45) is 5.92 Å². The van der Waals surface area contributed by atoms with Gasteiger partial charge in [0.1, 0.15) is 0 Å². The molecule has 0 saturated carbocycles. The van der Waals surface area contributed by atoms with Crippen molar-refractivity contribution in [3.05, 3.63) is 35.4 Å². The summed E-state index contributed by atoms with van der Waals surface area (Å²) < 4.78 is 25.6. The minimum Gasteiger partial charge on any atom is -0.299 e. The number of benzene rings is 1. The van der Waals surface area contributed by atoms with Crippen molar-refractivity contribution >= 4 is 5.78 Å². The third kappa shape index (κ3) is 4.23. The molecule has 0 unspecified atom stereocenters. The van der Waals surface area contributed by atoms with E-state index < -0.39 is 11.6 Å². The summed E-state index contributed by atoms with van der Waals surface area (Å²) in [4.78, 5) is 13.6. The number of likely N-dealkylation sites (N-methyl/N-ethyl adjacent to an activating group) is 1. The van der Waals surface area contributed by atoms with E-state index in [1.165, 1.54) is 6.07 Å². The van der Waals surface area contributed by atoms with Crippen molar-refractivity contribution in [3.63, 3.8) is 0 Å². The molecule has 0 aliphatic heterocycles. The molecule has 2 nitrogen and oxygen atoms in total. The van der Waals surface area contributed by atoms with Crippen LogP contribution in [0, 0.1) is 17.6 Å². The Labute approximate surface area is 100 Å². The van der Waals surface area contributed by atoms with Gasteiger partial charge in [0.25, 0.3) is 0 Å². The zero-order valence-electron chi connectivity index (χ0n) is 10.3. The number of ketones is 1. The van der Waals surface area contributed by atoms with Gasteiger partial charge < -0.3 is 0 Å². The number of hydrogen-bond donors (Lipinski definition) is 0. The van der Waals surface area contributed by atoms with Crippen LogP contribution in [0.2, 0.25) is 0 Å². The van der Waals surface area contributed by atoms with Gasteiger partial charge in [0.05, 0.1) is 6.54 Å². The van der Waals surface area contributed by atoms with Crippen molar-refractivity contribution < 1.29 is 13.6 Å². The molecular weight excluding hydrogens is 224 g/mol. The number of halogens is 2. The standard InChI is InChI=1S/C13H17F2NO/c1-9(2)7-16(3)8-13(17)10-4-5-11(14)12(15)6-10/h4-6,9H,7-8H2,1-3H3. The van der Waals surface area contributed by atoms with Crippen LogP contribution in [0.3, 0.4) is 0 Å². The van der Waals surface area contributed by atoms with E-state index in [9.17, 15) is 13.6 Å². The molecule has 0 heterocycles. The van der Waals surface area contributed by atoms with E-state index in [-0.39, 0.29) is 17.9 Å². The summed E-state index contributed by atoms with van der Waals surface area (Å²) in [5.74, 6) is -1.66. The Balaban J connectivity index is 2.66. The van der Waals surface area contributed by atoms with Crippen LogP contribution in [0.1, 0.15) is 24.2 Å². The second kappa shape index (κ2) is 5.87. The van der Waals surface area contributed by atoms with E-state index in [4.69, 9.17) is 0 Å². The summed E-state index contributed by atoms with van der Waals surface area (Å²) in [5.41, 5.74) is 0.208. The minimum atomic E-state index is -0.984. The molecule has 0 saturated heterocycles. The molecule has 0 aliphatic rings. The Morgan fingerprint density at radius 1 is 1.29 bits per heavy atom. The van der Waals surface area contributed by atoms with Crippen LogP contribution in [0.4, 0.5) is 8.78 Å². The first-order valence-corrected chi connectivity index (χ1v) is 5.57. The van der Waals surface area contributed by atoms with Gasteiger partial charge in [-0.2, -0.15) is 0 Å². The van der Waals surface area contributed by atoms with Crippen LogP contribution >= 0.6 is 0 Å². The van der Waals surface area contributed by atoms with Gasteiger partial charge in [-0.1, -0.05) is 13.8 Å². The maximum absolute atomic E-state index is 12.9. The van der Waals surface area contributed by atoms with Crippen LogP contribution in [-0.2, 0) is 0 Å². The monoisotopic (exact) mass is 241 g/mol. The smallest absolute Gasteiger partial charge is 0.176 e. The fourth-order valence-electron chi connectivity index (χ4n) is 1.69. The molecule has 0 amide bonds. The Hall–Kier alpha value is -1.29. The lowest BCUT2D eigenvalue weighted by atomic mass is 10.1. The molecule has 1 rings (SSSR count). The number of carbonyl (C=O) groups excluding carboxylic acids is 1. The Morgan fingerprint density at radius 3 is 2.47 bits per heavy atom. The molecule has 1 aromatic carbocycles. The fourth-order valence-corrected chi connectivity index (χ4v) is 1.69. The van der Waals surface area contributed by atoms with Crippen molar-refractivity contribution in [2.75, 3.05) is 20.1 Å². The van der Waals surface area contributed by atoms with Gasteiger partial charge >= 0.3 is 0 Å². The molecule has 17 heavy (non-hydrogen) atoms. The van der Waals surface area contributed by atoms with Crippen molar-refractivity contribution in [1.29, 1.82) is 0 Å². The molecule has 1 aromatic rings. The molecule has 94 valence electrons. The van der Waals surface area contributed by atoms with E-state index in [0.29, 0.717) is 5.92 Å². The molecule has 0 N–H and O–H groups in total. The molecule has 0 aliphatic carbocycles. The zero-order chi connectivity index (χ0) is 13.0. The summed E-state index contributed by atoms with van der Waals surface area (Å²) in [6.07, 6.45) is 0. The second-order valence-corrected chi connectivity index (χ2v) is 4.64. The maximum Gasteiger partial charge on any atom is 0.176 e. The predicted octanol–water partition coefficient (Wildman–Crippen LogP) is 2.74. The van der Waals surface area contributed by atoms with Gasteiger partial charge in [-0.25, -0.2) is 8.78 Å². The van der Waals surface area contributed by atoms with Gasteiger partial charge in [0, 0.05) is 12.1 Å². The summed E-state index contributed by atoms with van der Waals surface area (Å²) in [6.45, 7) is 5.11. The summed E-state index contributed by atoms with van der Waals surface area (Å²) in [7, 11) is 1.83. The predicted molar refractivity (Wildman–Crippen MR) is 63.0 cm³/mol. The van der Waals surface area contributed by atoms with Crippen LogP contribution < -0.4 is 0 Å². The third-order valence-electron chi connectivity index (χ3n) is 2.33. The van der Waals surface area contributed by atoms with E-state index in [0.717, 1.165) is 18.7 Å². The highest BCUT2D eigenvalue weighted by Crippen LogP contribution is 2.10. The Bertz CT molecular complexity index is 404. The SMILES string of the molecule is CC(C)CN(C)CC(=O)c1ccc(F)c(F)c1. The average molecular weight is 241 g/mol. The van der Waals surface area contributed by atoms with Crippen molar-refractivity contribution in [1.82, 2.24) is 4.90 Å². The van der Waals surface area contributed by atoms with Gasteiger partial charge in [0.15, 0.2) is 17.4 Å². The van der Waals surface area contributed by atoms with E-state index in [1.807, 2.05) is 11.9 Å². The van der Waals surface area contributed by atoms with Gasteiger partial charge in [-0.15, -0.1) is 0 Å².